The van der Waals surface area contributed by atoms with Crippen LogP contribution in [0.2, 0.25) is 0 Å². The standard InChI is InChI=1S/C23H19F3N2O2/c1-13-17(23(30)27-19-6-5-18(25)22(26)21(13)19)12-20(29)28-9-7-14(8-10-28)15-3-2-4-16(24)11-15/h2-7,11H,8-10,12H2,1H3,(H,27,30). The summed E-state index contributed by atoms with van der Waals surface area (Å²) in [4.78, 5) is 29.3. The average molecular weight is 412 g/mol. The minimum atomic E-state index is -1.05. The first-order valence-electron chi connectivity index (χ1n) is 9.57. The number of carbonyl (C=O) groups is 1. The number of fused-ring (bicyclic) bond motifs is 1. The van der Waals surface area contributed by atoms with Crippen molar-refractivity contribution in [3.8, 4) is 0 Å². The number of nitrogens with one attached hydrogen (secondary N) is 1. The molecule has 4 nitrogen and oxygen atoms in total. The van der Waals surface area contributed by atoms with Gasteiger partial charge >= 0.3 is 0 Å². The van der Waals surface area contributed by atoms with Gasteiger partial charge in [-0.2, -0.15) is 0 Å². The van der Waals surface area contributed by atoms with Crippen molar-refractivity contribution in [2.24, 2.45) is 0 Å². The second-order valence-corrected chi connectivity index (χ2v) is 7.35. The molecule has 0 saturated carbocycles. The first-order chi connectivity index (χ1) is 14.3. The molecule has 0 bridgehead atoms. The summed E-state index contributed by atoms with van der Waals surface area (Å²) in [6.45, 7) is 2.27. The zero-order valence-electron chi connectivity index (χ0n) is 16.3. The maximum atomic E-state index is 14.3. The van der Waals surface area contributed by atoms with E-state index >= 15 is 0 Å². The molecule has 4 rings (SSSR count). The van der Waals surface area contributed by atoms with Crippen LogP contribution in [0.5, 0.6) is 0 Å². The van der Waals surface area contributed by atoms with Crippen molar-refractivity contribution in [2.45, 2.75) is 19.8 Å². The maximum Gasteiger partial charge on any atom is 0.252 e. The van der Waals surface area contributed by atoms with Crippen LogP contribution >= 0.6 is 0 Å². The molecule has 0 saturated heterocycles. The fraction of sp³-hybridized carbons (Fsp3) is 0.217. The number of aryl methyl sites for hydroxylation is 1. The maximum absolute atomic E-state index is 14.3. The van der Waals surface area contributed by atoms with Gasteiger partial charge in [0.2, 0.25) is 5.91 Å². The highest BCUT2D eigenvalue weighted by atomic mass is 19.2. The van der Waals surface area contributed by atoms with Crippen LogP contribution in [0.1, 0.15) is 23.1 Å². The first kappa shape index (κ1) is 19.9. The van der Waals surface area contributed by atoms with Gasteiger partial charge < -0.3 is 9.88 Å². The van der Waals surface area contributed by atoms with E-state index < -0.39 is 17.2 Å². The van der Waals surface area contributed by atoms with Gasteiger partial charge in [0.05, 0.1) is 11.9 Å². The van der Waals surface area contributed by atoms with Gasteiger partial charge in [-0.25, -0.2) is 13.2 Å². The normalized spacial score (nSPS) is 14.1. The number of hydrogen-bond donors (Lipinski definition) is 1. The molecule has 0 atom stereocenters. The first-order valence-corrected chi connectivity index (χ1v) is 9.57. The van der Waals surface area contributed by atoms with Crippen LogP contribution < -0.4 is 5.56 Å². The van der Waals surface area contributed by atoms with Crippen molar-refractivity contribution < 1.29 is 18.0 Å². The highest BCUT2D eigenvalue weighted by Gasteiger charge is 2.22. The largest absolute Gasteiger partial charge is 0.338 e. The molecule has 2 aromatic carbocycles. The van der Waals surface area contributed by atoms with Gasteiger partial charge in [-0.3, -0.25) is 9.59 Å². The number of carbonyl (C=O) groups excluding carboxylic acids is 1. The average Bonchev–Trinajstić information content (AvgIpc) is 2.73. The highest BCUT2D eigenvalue weighted by Crippen LogP contribution is 2.25. The lowest BCUT2D eigenvalue weighted by Gasteiger charge is -2.27. The van der Waals surface area contributed by atoms with Crippen LogP contribution in [0.25, 0.3) is 16.5 Å². The number of benzene rings is 2. The SMILES string of the molecule is Cc1c(CC(=O)N2CC=C(c3cccc(F)c3)CC2)c(=O)[nH]c2ccc(F)c(F)c12. The molecule has 0 fully saturated rings. The third-order valence-electron chi connectivity index (χ3n) is 5.53. The van der Waals surface area contributed by atoms with E-state index in [2.05, 4.69) is 4.98 Å². The number of nitrogens with zero attached hydrogens (tertiary/aromatic N) is 1. The molecule has 1 amide bonds. The van der Waals surface area contributed by atoms with E-state index in [1.807, 2.05) is 12.1 Å². The van der Waals surface area contributed by atoms with E-state index in [0.29, 0.717) is 19.5 Å². The summed E-state index contributed by atoms with van der Waals surface area (Å²) < 4.78 is 41.3. The van der Waals surface area contributed by atoms with Crippen LogP contribution in [0.15, 0.2) is 47.3 Å². The minimum absolute atomic E-state index is 0.0238. The van der Waals surface area contributed by atoms with E-state index in [0.717, 1.165) is 17.2 Å². The number of aromatic nitrogens is 1. The van der Waals surface area contributed by atoms with Gasteiger partial charge in [0.15, 0.2) is 11.6 Å². The number of aromatic amines is 1. The van der Waals surface area contributed by atoms with Crippen molar-refractivity contribution in [1.29, 1.82) is 0 Å². The van der Waals surface area contributed by atoms with Gasteiger partial charge in [-0.05, 0) is 54.3 Å². The van der Waals surface area contributed by atoms with Crippen molar-refractivity contribution in [3.05, 3.63) is 87.0 Å². The van der Waals surface area contributed by atoms with E-state index in [1.165, 1.54) is 25.1 Å². The lowest BCUT2D eigenvalue weighted by atomic mass is 9.98. The Kier molecular flexibility index (Phi) is 5.20. The number of pyridine rings is 1. The highest BCUT2D eigenvalue weighted by molar-refractivity contribution is 5.86. The summed E-state index contributed by atoms with van der Waals surface area (Å²) in [6, 6.07) is 8.54. The number of amides is 1. The van der Waals surface area contributed by atoms with Gasteiger partial charge in [0, 0.05) is 24.0 Å². The number of H-pyrrole nitrogens is 1. The molecule has 1 aliphatic heterocycles. The second kappa shape index (κ2) is 7.82. The summed E-state index contributed by atoms with van der Waals surface area (Å²) in [5, 5.41) is -0.0238. The third kappa shape index (κ3) is 3.63. The van der Waals surface area contributed by atoms with Gasteiger partial charge in [0.25, 0.3) is 5.56 Å². The zero-order chi connectivity index (χ0) is 21.4. The monoisotopic (exact) mass is 412 g/mol. The number of hydrogen-bond acceptors (Lipinski definition) is 2. The minimum Gasteiger partial charge on any atom is -0.338 e. The summed E-state index contributed by atoms with van der Waals surface area (Å²) in [7, 11) is 0. The Balaban J connectivity index is 1.57. The third-order valence-corrected chi connectivity index (χ3v) is 5.53. The molecule has 3 aromatic rings. The number of rotatable bonds is 3. The Hall–Kier alpha value is -3.35. The topological polar surface area (TPSA) is 53.2 Å². The fourth-order valence-corrected chi connectivity index (χ4v) is 3.86. The Bertz CT molecular complexity index is 1250. The predicted molar refractivity (Wildman–Crippen MR) is 108 cm³/mol. The van der Waals surface area contributed by atoms with E-state index in [9.17, 15) is 22.8 Å². The summed E-state index contributed by atoms with van der Waals surface area (Å²) in [6.07, 6.45) is 2.21. The summed E-state index contributed by atoms with van der Waals surface area (Å²) >= 11 is 0. The molecular weight excluding hydrogens is 393 g/mol. The molecular formula is C23H19F3N2O2. The van der Waals surface area contributed by atoms with Crippen LogP contribution in [0.3, 0.4) is 0 Å². The molecule has 1 aromatic heterocycles. The lowest BCUT2D eigenvalue weighted by molar-refractivity contribution is -0.130. The Morgan fingerprint density at radius 2 is 1.97 bits per heavy atom. The molecule has 1 aliphatic rings. The van der Waals surface area contributed by atoms with Gasteiger partial charge in [-0.1, -0.05) is 18.2 Å². The molecule has 2 heterocycles. The lowest BCUT2D eigenvalue weighted by Crippen LogP contribution is -2.37. The van der Waals surface area contributed by atoms with Crippen LogP contribution in [-0.2, 0) is 11.2 Å². The van der Waals surface area contributed by atoms with Gasteiger partial charge in [-0.15, -0.1) is 0 Å². The van der Waals surface area contributed by atoms with E-state index in [-0.39, 0.29) is 40.2 Å². The summed E-state index contributed by atoms with van der Waals surface area (Å²) in [5.74, 6) is -2.66. The molecule has 0 spiro atoms. The van der Waals surface area contributed by atoms with Gasteiger partial charge in [0.1, 0.15) is 5.82 Å². The zero-order valence-corrected chi connectivity index (χ0v) is 16.3. The Morgan fingerprint density at radius 1 is 1.17 bits per heavy atom. The Morgan fingerprint density at radius 3 is 2.67 bits per heavy atom. The molecule has 0 aliphatic carbocycles. The van der Waals surface area contributed by atoms with Crippen LogP contribution in [0.4, 0.5) is 13.2 Å². The smallest absolute Gasteiger partial charge is 0.252 e. The molecule has 1 N–H and O–H groups in total. The van der Waals surface area contributed by atoms with Crippen molar-refractivity contribution >= 4 is 22.4 Å². The Labute approximate surface area is 170 Å². The number of halogens is 3. The van der Waals surface area contributed by atoms with E-state index in [1.54, 1.807) is 11.0 Å². The second-order valence-electron chi connectivity index (χ2n) is 7.35. The summed E-state index contributed by atoms with van der Waals surface area (Å²) in [5.41, 5.74) is 1.81. The quantitative estimate of drug-likeness (QED) is 0.704. The molecule has 30 heavy (non-hydrogen) atoms. The molecule has 7 heteroatoms. The van der Waals surface area contributed by atoms with Crippen LogP contribution in [-0.4, -0.2) is 28.9 Å². The van der Waals surface area contributed by atoms with Crippen LogP contribution in [0, 0.1) is 24.4 Å². The van der Waals surface area contributed by atoms with E-state index in [4.69, 9.17) is 0 Å². The molecule has 0 radical (unpaired) electrons. The van der Waals surface area contributed by atoms with Crippen molar-refractivity contribution in [1.82, 2.24) is 9.88 Å². The molecule has 154 valence electrons. The molecule has 0 unspecified atom stereocenters. The van der Waals surface area contributed by atoms with Crippen molar-refractivity contribution in [3.63, 3.8) is 0 Å². The fourth-order valence-electron chi connectivity index (χ4n) is 3.86. The predicted octanol–water partition coefficient (Wildman–Crippen LogP) is 4.11. The van der Waals surface area contributed by atoms with Crippen molar-refractivity contribution in [2.75, 3.05) is 13.1 Å².